The Morgan fingerprint density at radius 3 is 2.64 bits per heavy atom. The summed E-state index contributed by atoms with van der Waals surface area (Å²) in [4.78, 5) is 10.8. The van der Waals surface area contributed by atoms with Gasteiger partial charge in [-0.1, -0.05) is 11.6 Å². The number of hydrogen-bond donors (Lipinski definition) is 1. The minimum atomic E-state index is -4.07. The molecule has 28 heavy (non-hydrogen) atoms. The van der Waals surface area contributed by atoms with Gasteiger partial charge in [0, 0.05) is 18.0 Å². The number of halogens is 2. The molecule has 0 saturated heterocycles. The summed E-state index contributed by atoms with van der Waals surface area (Å²) in [5, 5.41) is 9.26. The van der Waals surface area contributed by atoms with Crippen LogP contribution in [0.5, 0.6) is 5.75 Å². The fourth-order valence-electron chi connectivity index (χ4n) is 2.89. The van der Waals surface area contributed by atoms with Crippen molar-refractivity contribution in [3.63, 3.8) is 0 Å². The fourth-order valence-corrected chi connectivity index (χ4v) is 4.56. The zero-order valence-electron chi connectivity index (χ0n) is 14.9. The largest absolute Gasteiger partial charge is 0.494 e. The summed E-state index contributed by atoms with van der Waals surface area (Å²) in [6.07, 6.45) is 1.38. The average Bonchev–Trinajstić information content (AvgIpc) is 3.01. The van der Waals surface area contributed by atoms with Gasteiger partial charge in [-0.05, 0) is 55.3 Å². The molecule has 0 saturated carbocycles. The predicted molar refractivity (Wildman–Crippen MR) is 103 cm³/mol. The lowest BCUT2D eigenvalue weighted by molar-refractivity contribution is -0.136. The van der Waals surface area contributed by atoms with Crippen LogP contribution in [0.2, 0.25) is 5.02 Å². The molecule has 3 rings (SSSR count). The fraction of sp³-hybridized carbons (Fsp3) is 0.211. The molecule has 1 aromatic heterocycles. The van der Waals surface area contributed by atoms with Crippen LogP contribution in [0.15, 0.2) is 47.5 Å². The van der Waals surface area contributed by atoms with E-state index in [2.05, 4.69) is 0 Å². The monoisotopic (exact) mass is 425 g/mol. The summed E-state index contributed by atoms with van der Waals surface area (Å²) < 4.78 is 46.2. The molecule has 0 fully saturated rings. The van der Waals surface area contributed by atoms with Gasteiger partial charge in [0.25, 0.3) is 10.0 Å². The first-order chi connectivity index (χ1) is 13.2. The Morgan fingerprint density at radius 1 is 1.25 bits per heavy atom. The van der Waals surface area contributed by atoms with Crippen LogP contribution < -0.4 is 4.74 Å². The molecule has 0 atom stereocenters. The normalized spacial score (nSPS) is 11.7. The molecule has 0 aliphatic carbocycles. The second kappa shape index (κ2) is 7.81. The van der Waals surface area contributed by atoms with Crippen molar-refractivity contribution in [3.8, 4) is 5.75 Å². The van der Waals surface area contributed by atoms with Crippen molar-refractivity contribution in [2.24, 2.45) is 0 Å². The molecule has 148 valence electrons. The van der Waals surface area contributed by atoms with Gasteiger partial charge >= 0.3 is 5.97 Å². The topological polar surface area (TPSA) is 85.6 Å². The van der Waals surface area contributed by atoms with Crippen molar-refractivity contribution in [1.82, 2.24) is 3.97 Å². The number of carboxylic acids is 1. The maximum absolute atomic E-state index is 13.4. The number of carbonyl (C=O) groups is 1. The number of aliphatic carboxylic acids is 1. The van der Waals surface area contributed by atoms with Gasteiger partial charge in [-0.25, -0.2) is 16.8 Å². The molecule has 3 aromatic rings. The minimum absolute atomic E-state index is 0.147. The van der Waals surface area contributed by atoms with Crippen LogP contribution in [0, 0.1) is 5.82 Å². The van der Waals surface area contributed by atoms with E-state index in [1.165, 1.54) is 6.20 Å². The van der Waals surface area contributed by atoms with E-state index in [9.17, 15) is 17.6 Å². The lowest BCUT2D eigenvalue weighted by atomic mass is 10.1. The maximum atomic E-state index is 13.4. The smallest absolute Gasteiger partial charge is 0.303 e. The van der Waals surface area contributed by atoms with Gasteiger partial charge < -0.3 is 9.84 Å². The van der Waals surface area contributed by atoms with Gasteiger partial charge in [0.1, 0.15) is 11.6 Å². The number of nitrogens with zero attached hydrogens (tertiary/aromatic N) is 1. The van der Waals surface area contributed by atoms with E-state index in [0.717, 1.165) is 22.2 Å². The summed E-state index contributed by atoms with van der Waals surface area (Å²) in [5.74, 6) is -1.16. The molecule has 1 N–H and O–H groups in total. The number of carboxylic acid groups (broad SMARTS) is 1. The zero-order valence-corrected chi connectivity index (χ0v) is 16.4. The maximum Gasteiger partial charge on any atom is 0.303 e. The third kappa shape index (κ3) is 3.83. The zero-order chi connectivity index (χ0) is 20.5. The van der Waals surface area contributed by atoms with Gasteiger partial charge in [0.15, 0.2) is 0 Å². The van der Waals surface area contributed by atoms with Crippen LogP contribution in [0.25, 0.3) is 10.9 Å². The highest BCUT2D eigenvalue weighted by atomic mass is 35.5. The Balaban J connectivity index is 2.18. The summed E-state index contributed by atoms with van der Waals surface area (Å²) in [7, 11) is -4.07. The third-order valence-corrected chi connectivity index (χ3v) is 6.15. The van der Waals surface area contributed by atoms with E-state index in [1.807, 2.05) is 6.92 Å². The van der Waals surface area contributed by atoms with Crippen molar-refractivity contribution >= 4 is 38.5 Å². The number of benzene rings is 2. The lowest BCUT2D eigenvalue weighted by Crippen LogP contribution is -2.12. The second-order valence-corrected chi connectivity index (χ2v) is 8.26. The molecule has 0 radical (unpaired) electrons. The predicted octanol–water partition coefficient (Wildman–Crippen LogP) is 4.09. The van der Waals surface area contributed by atoms with Crippen LogP contribution >= 0.6 is 11.6 Å². The quantitative estimate of drug-likeness (QED) is 0.616. The number of hydrogen-bond acceptors (Lipinski definition) is 4. The summed E-state index contributed by atoms with van der Waals surface area (Å²) in [5.41, 5.74) is 0.917. The van der Waals surface area contributed by atoms with Gasteiger partial charge in [-0.3, -0.25) is 4.79 Å². The Morgan fingerprint density at radius 2 is 2.00 bits per heavy atom. The summed E-state index contributed by atoms with van der Waals surface area (Å²) in [6.45, 7) is 2.26. The van der Waals surface area contributed by atoms with E-state index in [0.29, 0.717) is 28.8 Å². The third-order valence-electron chi connectivity index (χ3n) is 4.19. The Hall–Kier alpha value is -2.58. The standard InChI is InChI=1S/C19H17ClFNO5S/c1-2-27-13-4-7-18-15(9-13)12(3-8-19(23)24)11-22(18)28(25,26)14-5-6-17(21)16(20)10-14/h4-7,9-11H,2-3,8H2,1H3,(H,23,24). The van der Waals surface area contributed by atoms with Crippen molar-refractivity contribution in [1.29, 1.82) is 0 Å². The number of aromatic nitrogens is 1. The lowest BCUT2D eigenvalue weighted by Gasteiger charge is -2.09. The van der Waals surface area contributed by atoms with Crippen molar-refractivity contribution in [3.05, 3.63) is 59.0 Å². The summed E-state index contributed by atoms with van der Waals surface area (Å²) >= 11 is 5.74. The Kier molecular flexibility index (Phi) is 5.62. The van der Waals surface area contributed by atoms with Gasteiger partial charge in [-0.15, -0.1) is 0 Å². The first kappa shape index (κ1) is 20.2. The first-order valence-corrected chi connectivity index (χ1v) is 10.2. The molecule has 0 aliphatic rings. The number of fused-ring (bicyclic) bond motifs is 1. The Bertz CT molecular complexity index is 1160. The highest BCUT2D eigenvalue weighted by Gasteiger charge is 2.23. The molecule has 0 amide bonds. The van der Waals surface area contributed by atoms with Crippen LogP contribution in [-0.2, 0) is 21.2 Å². The van der Waals surface area contributed by atoms with Crippen LogP contribution in [-0.4, -0.2) is 30.1 Å². The average molecular weight is 426 g/mol. The van der Waals surface area contributed by atoms with Crippen LogP contribution in [0.4, 0.5) is 4.39 Å². The van der Waals surface area contributed by atoms with Crippen LogP contribution in [0.1, 0.15) is 18.9 Å². The number of ether oxygens (including phenoxy) is 1. The SMILES string of the molecule is CCOc1ccc2c(c1)c(CCC(=O)O)cn2S(=O)(=O)c1ccc(F)c(Cl)c1. The highest BCUT2D eigenvalue weighted by Crippen LogP contribution is 2.31. The molecule has 0 bridgehead atoms. The van der Waals surface area contributed by atoms with Gasteiger partial charge in [-0.2, -0.15) is 0 Å². The van der Waals surface area contributed by atoms with Crippen LogP contribution in [0.3, 0.4) is 0 Å². The molecule has 1 heterocycles. The van der Waals surface area contributed by atoms with E-state index < -0.39 is 21.8 Å². The molecule has 0 aliphatic heterocycles. The number of aryl methyl sites for hydroxylation is 1. The molecule has 0 unspecified atom stereocenters. The molecular formula is C19H17ClFNO5S. The van der Waals surface area contributed by atoms with Crippen molar-refractivity contribution in [2.75, 3.05) is 6.61 Å². The molecule has 2 aromatic carbocycles. The highest BCUT2D eigenvalue weighted by molar-refractivity contribution is 7.90. The molecule has 0 spiro atoms. The first-order valence-electron chi connectivity index (χ1n) is 8.43. The van der Waals surface area contributed by atoms with Gasteiger partial charge in [0.2, 0.25) is 0 Å². The number of rotatable bonds is 7. The second-order valence-electron chi connectivity index (χ2n) is 6.04. The van der Waals surface area contributed by atoms with E-state index in [4.69, 9.17) is 21.4 Å². The Labute approximate surface area is 166 Å². The summed E-state index contributed by atoms with van der Waals surface area (Å²) in [6, 6.07) is 8.07. The van der Waals surface area contributed by atoms with Crippen molar-refractivity contribution in [2.45, 2.75) is 24.7 Å². The molecule has 6 nitrogen and oxygen atoms in total. The van der Waals surface area contributed by atoms with E-state index in [1.54, 1.807) is 18.2 Å². The molecular weight excluding hydrogens is 409 g/mol. The molecule has 9 heteroatoms. The minimum Gasteiger partial charge on any atom is -0.494 e. The van der Waals surface area contributed by atoms with Gasteiger partial charge in [0.05, 0.1) is 22.0 Å². The van der Waals surface area contributed by atoms with E-state index in [-0.39, 0.29) is 22.8 Å². The van der Waals surface area contributed by atoms with E-state index >= 15 is 0 Å². The van der Waals surface area contributed by atoms with Crippen molar-refractivity contribution < 1.29 is 27.4 Å².